The van der Waals surface area contributed by atoms with Crippen LogP contribution in [0.4, 0.5) is 0 Å². The average molecular weight is 783 g/mol. The largest absolute Gasteiger partial charge is 0.469 e. The first-order valence-electron chi connectivity index (χ1n) is 21.4. The zero-order chi connectivity index (χ0) is 40.0. The average Bonchev–Trinajstić information content (AvgIpc) is 3.12. The van der Waals surface area contributed by atoms with E-state index < -0.39 is 38.6 Å². The van der Waals surface area contributed by atoms with Gasteiger partial charge in [0.1, 0.15) is 6.61 Å². The van der Waals surface area contributed by atoms with E-state index in [9.17, 15) is 19.3 Å². The molecular formula is C44H79O9P. The summed E-state index contributed by atoms with van der Waals surface area (Å²) in [7, 11) is -4.80. The number of unbranched alkanes of at least 4 members (excludes halogenated alkanes) is 17. The monoisotopic (exact) mass is 783 g/mol. The lowest BCUT2D eigenvalue weighted by molar-refractivity contribution is -0.161. The van der Waals surface area contributed by atoms with Crippen LogP contribution in [0.25, 0.3) is 0 Å². The summed E-state index contributed by atoms with van der Waals surface area (Å²) in [4.78, 5) is 42.9. The highest BCUT2D eigenvalue weighted by Crippen LogP contribution is 2.36. The minimum atomic E-state index is -4.80. The predicted octanol–water partition coefficient (Wildman–Crippen LogP) is 12.0. The third-order valence-electron chi connectivity index (χ3n) is 9.13. The van der Waals surface area contributed by atoms with Gasteiger partial charge in [0.15, 0.2) is 6.10 Å². The summed E-state index contributed by atoms with van der Waals surface area (Å²) in [5.74, 6) is -0.256. The number of carbonyl (C=O) groups is 2. The van der Waals surface area contributed by atoms with Gasteiger partial charge in [0, 0.05) is 12.8 Å². The maximum absolute atomic E-state index is 12.4. The SMILES string of the molecule is CCCCC/C=C\C/C=C\C/C=C\C=C\[C@@H](O)CCCC(=O)OC[C@H](COP(=O)(O)O)OC(=O)CCCCCCCCCCCCCCCCCC(C)C. The van der Waals surface area contributed by atoms with Crippen LogP contribution in [0.5, 0.6) is 0 Å². The molecule has 10 heteroatoms. The second-order valence-electron chi connectivity index (χ2n) is 15.0. The van der Waals surface area contributed by atoms with E-state index in [2.05, 4.69) is 49.6 Å². The molecule has 0 aliphatic heterocycles. The Labute approximate surface area is 329 Å². The molecule has 0 aromatic heterocycles. The molecule has 3 N–H and O–H groups in total. The maximum atomic E-state index is 12.4. The smallest absolute Gasteiger partial charge is 0.462 e. The standard InChI is InChI=1S/C44H79O9P/c1-4-5-6-7-8-9-10-14-18-21-24-27-30-34-41(45)35-32-37-43(46)51-38-42(39-52-54(48,49)50)53-44(47)36-31-28-25-22-19-16-13-11-12-15-17-20-23-26-29-33-40(2)3/h8-9,14,18,24,27,30,34,40-42,45H,4-7,10-13,15-17,19-23,25-26,28-29,31-33,35-39H2,1-3H3,(H2,48,49,50)/b9-8-,18-14-,27-24-,34-30+/t41-,42-/m1/s1. The van der Waals surface area contributed by atoms with Gasteiger partial charge in [-0.05, 0) is 50.9 Å². The Morgan fingerprint density at radius 2 is 1.15 bits per heavy atom. The molecule has 2 atom stereocenters. The Kier molecular flexibility index (Phi) is 36.4. The fraction of sp³-hybridized carbons (Fsp3) is 0.773. The zero-order valence-electron chi connectivity index (χ0n) is 34.4. The molecule has 54 heavy (non-hydrogen) atoms. The summed E-state index contributed by atoms with van der Waals surface area (Å²) < 4.78 is 26.3. The van der Waals surface area contributed by atoms with Crippen LogP contribution in [0.3, 0.4) is 0 Å². The molecule has 0 saturated heterocycles. The summed E-state index contributed by atoms with van der Waals surface area (Å²) in [6.07, 6.45) is 41.5. The molecule has 0 aliphatic carbocycles. The Morgan fingerprint density at radius 3 is 1.72 bits per heavy atom. The van der Waals surface area contributed by atoms with E-state index in [0.717, 1.165) is 44.4 Å². The highest BCUT2D eigenvalue weighted by atomic mass is 31.2. The van der Waals surface area contributed by atoms with Gasteiger partial charge in [0.25, 0.3) is 0 Å². The van der Waals surface area contributed by atoms with Crippen molar-refractivity contribution in [2.75, 3.05) is 13.2 Å². The molecule has 9 nitrogen and oxygen atoms in total. The number of ether oxygens (including phenoxy) is 2. The molecule has 0 spiro atoms. The van der Waals surface area contributed by atoms with E-state index in [0.29, 0.717) is 19.3 Å². The van der Waals surface area contributed by atoms with Crippen LogP contribution >= 0.6 is 7.82 Å². The molecule has 0 bridgehead atoms. The first-order chi connectivity index (χ1) is 26.0. The van der Waals surface area contributed by atoms with Gasteiger partial charge >= 0.3 is 19.8 Å². The van der Waals surface area contributed by atoms with E-state index in [4.69, 9.17) is 19.3 Å². The van der Waals surface area contributed by atoms with Crippen LogP contribution in [-0.4, -0.2) is 52.3 Å². The molecule has 0 rings (SSSR count). The van der Waals surface area contributed by atoms with Gasteiger partial charge in [-0.3, -0.25) is 14.1 Å². The van der Waals surface area contributed by atoms with Crippen LogP contribution in [0.2, 0.25) is 0 Å². The quantitative estimate of drug-likeness (QED) is 0.0183. The predicted molar refractivity (Wildman–Crippen MR) is 222 cm³/mol. The Bertz CT molecular complexity index is 1050. The third kappa shape index (κ3) is 41.1. The molecule has 0 aromatic carbocycles. The third-order valence-corrected chi connectivity index (χ3v) is 9.62. The fourth-order valence-electron chi connectivity index (χ4n) is 5.90. The molecular weight excluding hydrogens is 703 g/mol. The number of hydrogen-bond acceptors (Lipinski definition) is 7. The van der Waals surface area contributed by atoms with Crippen molar-refractivity contribution in [2.45, 2.75) is 200 Å². The molecule has 0 fully saturated rings. The van der Waals surface area contributed by atoms with Crippen molar-refractivity contribution in [2.24, 2.45) is 5.92 Å². The van der Waals surface area contributed by atoms with Crippen LogP contribution in [-0.2, 0) is 28.2 Å². The minimum absolute atomic E-state index is 0.0391. The lowest BCUT2D eigenvalue weighted by Gasteiger charge is -2.18. The van der Waals surface area contributed by atoms with Gasteiger partial charge in [-0.15, -0.1) is 0 Å². The van der Waals surface area contributed by atoms with Gasteiger partial charge in [-0.25, -0.2) is 4.57 Å². The second kappa shape index (κ2) is 37.9. The zero-order valence-corrected chi connectivity index (χ0v) is 35.3. The number of allylic oxidation sites excluding steroid dienone is 7. The van der Waals surface area contributed by atoms with Crippen molar-refractivity contribution >= 4 is 19.8 Å². The molecule has 0 aromatic rings. The molecule has 0 aliphatic rings. The van der Waals surface area contributed by atoms with E-state index in [1.54, 1.807) is 12.2 Å². The van der Waals surface area contributed by atoms with Crippen molar-refractivity contribution in [1.29, 1.82) is 0 Å². The molecule has 0 heterocycles. The van der Waals surface area contributed by atoms with Crippen LogP contribution in [0.15, 0.2) is 48.6 Å². The molecule has 0 unspecified atom stereocenters. The number of esters is 2. The topological polar surface area (TPSA) is 140 Å². The highest BCUT2D eigenvalue weighted by molar-refractivity contribution is 7.46. The van der Waals surface area contributed by atoms with Gasteiger partial charge in [0.05, 0.1) is 12.7 Å². The van der Waals surface area contributed by atoms with E-state index >= 15 is 0 Å². The Balaban J connectivity index is 4.08. The van der Waals surface area contributed by atoms with Crippen molar-refractivity contribution in [3.8, 4) is 0 Å². The number of phosphoric ester groups is 1. The molecule has 0 radical (unpaired) electrons. The highest BCUT2D eigenvalue weighted by Gasteiger charge is 2.23. The van der Waals surface area contributed by atoms with Gasteiger partial charge in [-0.2, -0.15) is 0 Å². The first-order valence-corrected chi connectivity index (χ1v) is 22.9. The normalized spacial score (nSPS) is 13.6. The molecule has 0 saturated carbocycles. The van der Waals surface area contributed by atoms with Crippen molar-refractivity contribution in [1.82, 2.24) is 0 Å². The van der Waals surface area contributed by atoms with Crippen LogP contribution < -0.4 is 0 Å². The summed E-state index contributed by atoms with van der Waals surface area (Å²) in [5.41, 5.74) is 0. The number of carbonyl (C=O) groups excluding carboxylic acids is 2. The van der Waals surface area contributed by atoms with E-state index in [1.807, 2.05) is 12.2 Å². The Morgan fingerprint density at radius 1 is 0.611 bits per heavy atom. The molecule has 0 amide bonds. The number of aliphatic hydroxyl groups is 1. The van der Waals surface area contributed by atoms with Crippen molar-refractivity contribution < 1.29 is 43.0 Å². The lowest BCUT2D eigenvalue weighted by Crippen LogP contribution is -2.29. The van der Waals surface area contributed by atoms with E-state index in [-0.39, 0.29) is 19.4 Å². The summed E-state index contributed by atoms with van der Waals surface area (Å²) >= 11 is 0. The summed E-state index contributed by atoms with van der Waals surface area (Å²) in [5, 5.41) is 10.2. The van der Waals surface area contributed by atoms with Gasteiger partial charge in [0.2, 0.25) is 0 Å². The van der Waals surface area contributed by atoms with Crippen molar-refractivity contribution in [3.63, 3.8) is 0 Å². The lowest BCUT2D eigenvalue weighted by atomic mass is 10.0. The van der Waals surface area contributed by atoms with Gasteiger partial charge < -0.3 is 24.4 Å². The Hall–Kier alpha value is -2.03. The van der Waals surface area contributed by atoms with Crippen molar-refractivity contribution in [3.05, 3.63) is 48.6 Å². The minimum Gasteiger partial charge on any atom is -0.462 e. The maximum Gasteiger partial charge on any atom is 0.469 e. The first kappa shape index (κ1) is 52.0. The summed E-state index contributed by atoms with van der Waals surface area (Å²) in [6.45, 7) is 5.84. The number of rotatable bonds is 38. The number of aliphatic hydroxyl groups excluding tert-OH is 1. The number of hydrogen-bond donors (Lipinski definition) is 3. The van der Waals surface area contributed by atoms with E-state index in [1.165, 1.54) is 96.3 Å². The molecule has 314 valence electrons. The second-order valence-corrected chi connectivity index (χ2v) is 16.2. The van der Waals surface area contributed by atoms with Crippen LogP contribution in [0, 0.1) is 5.92 Å². The van der Waals surface area contributed by atoms with Gasteiger partial charge in [-0.1, -0.05) is 179 Å². The summed E-state index contributed by atoms with van der Waals surface area (Å²) in [6, 6.07) is 0. The van der Waals surface area contributed by atoms with Crippen LogP contribution in [0.1, 0.15) is 188 Å². The number of phosphoric acid groups is 1. The fourth-order valence-corrected chi connectivity index (χ4v) is 6.26.